The molecule has 0 fully saturated rings. The van der Waals surface area contributed by atoms with Gasteiger partial charge >= 0.3 is 0 Å². The highest BCUT2D eigenvalue weighted by molar-refractivity contribution is 8.13. The van der Waals surface area contributed by atoms with Gasteiger partial charge in [0, 0.05) is 17.7 Å². The van der Waals surface area contributed by atoms with E-state index in [1.807, 2.05) is 6.92 Å². The van der Waals surface area contributed by atoms with Crippen LogP contribution in [0.3, 0.4) is 0 Å². The molecule has 0 spiro atoms. The van der Waals surface area contributed by atoms with Crippen LogP contribution >= 0.6 is 22.3 Å². The molecular weight excluding hydrogens is 247 g/mol. The summed E-state index contributed by atoms with van der Waals surface area (Å²) in [4.78, 5) is -0.0646. The third-order valence-electron chi connectivity index (χ3n) is 1.73. The molecule has 0 unspecified atom stereocenters. The van der Waals surface area contributed by atoms with Crippen LogP contribution in [0.15, 0.2) is 4.90 Å². The van der Waals surface area contributed by atoms with E-state index in [-0.39, 0.29) is 10.0 Å². The molecule has 0 N–H and O–H groups in total. The van der Waals surface area contributed by atoms with Crippen LogP contribution in [0, 0.1) is 0 Å². The summed E-state index contributed by atoms with van der Waals surface area (Å²) < 4.78 is 23.7. The zero-order valence-corrected chi connectivity index (χ0v) is 10.1. The molecule has 1 aromatic heterocycles. The first-order chi connectivity index (χ1) is 6.38. The van der Waals surface area contributed by atoms with Crippen LogP contribution in [0.25, 0.3) is 0 Å². The maximum Gasteiger partial charge on any atom is 0.266 e. The second-order valence-corrected chi connectivity index (χ2v) is 5.74. The third-order valence-corrected chi connectivity index (χ3v) is 3.66. The van der Waals surface area contributed by atoms with Gasteiger partial charge in [-0.05, 0) is 6.42 Å². The first-order valence-electron chi connectivity index (χ1n) is 4.04. The van der Waals surface area contributed by atoms with Crippen molar-refractivity contribution in [3.63, 3.8) is 0 Å². The molecule has 0 radical (unpaired) electrons. The summed E-state index contributed by atoms with van der Waals surface area (Å²) in [7, 11) is 3.02. The highest BCUT2D eigenvalue weighted by atomic mass is 35.7. The normalized spacial score (nSPS) is 12.0. The lowest BCUT2D eigenvalue weighted by Crippen LogP contribution is -1.95. The van der Waals surface area contributed by atoms with E-state index in [1.54, 1.807) is 7.05 Å². The minimum Gasteiger partial charge on any atom is -0.255 e. The van der Waals surface area contributed by atoms with Crippen molar-refractivity contribution >= 4 is 31.3 Å². The van der Waals surface area contributed by atoms with Gasteiger partial charge in [-0.3, -0.25) is 4.68 Å². The Morgan fingerprint density at radius 3 is 2.50 bits per heavy atom. The van der Waals surface area contributed by atoms with Crippen molar-refractivity contribution in [2.24, 2.45) is 7.05 Å². The van der Waals surface area contributed by atoms with Gasteiger partial charge in [-0.25, -0.2) is 8.42 Å². The van der Waals surface area contributed by atoms with E-state index >= 15 is 0 Å². The molecule has 80 valence electrons. The highest BCUT2D eigenvalue weighted by Crippen LogP contribution is 2.28. The standard InChI is InChI=1S/C7H10Cl2N2O2S/c1-3-4-5-6(14(9,12)13)7(8)11(2)10-5/h3-4H2,1-2H3. The lowest BCUT2D eigenvalue weighted by atomic mass is 10.2. The highest BCUT2D eigenvalue weighted by Gasteiger charge is 2.24. The summed E-state index contributed by atoms with van der Waals surface area (Å²) >= 11 is 5.77. The van der Waals surface area contributed by atoms with Crippen LogP contribution in [0.5, 0.6) is 0 Å². The summed E-state index contributed by atoms with van der Waals surface area (Å²) in [5.41, 5.74) is 0.426. The second-order valence-electron chi connectivity index (χ2n) is 2.88. The van der Waals surface area contributed by atoms with Gasteiger partial charge in [-0.1, -0.05) is 24.9 Å². The van der Waals surface area contributed by atoms with E-state index < -0.39 is 9.05 Å². The monoisotopic (exact) mass is 256 g/mol. The zero-order chi connectivity index (χ0) is 10.9. The summed E-state index contributed by atoms with van der Waals surface area (Å²) in [5, 5.41) is 4.05. The number of nitrogens with zero attached hydrogens (tertiary/aromatic N) is 2. The average molecular weight is 257 g/mol. The van der Waals surface area contributed by atoms with E-state index in [4.69, 9.17) is 22.3 Å². The van der Waals surface area contributed by atoms with Gasteiger partial charge in [0.15, 0.2) is 0 Å². The minimum absolute atomic E-state index is 0.0588. The van der Waals surface area contributed by atoms with Gasteiger partial charge in [0.2, 0.25) is 0 Å². The predicted octanol–water partition coefficient (Wildman–Crippen LogP) is 1.95. The van der Waals surface area contributed by atoms with Crippen molar-refractivity contribution in [2.45, 2.75) is 24.7 Å². The molecule has 0 atom stereocenters. The number of rotatable bonds is 3. The van der Waals surface area contributed by atoms with Gasteiger partial charge in [-0.15, -0.1) is 0 Å². The van der Waals surface area contributed by atoms with Crippen LogP contribution < -0.4 is 0 Å². The summed E-state index contributed by atoms with van der Waals surface area (Å²) in [5.74, 6) is 0. The maximum absolute atomic E-state index is 11.2. The molecule has 0 saturated heterocycles. The smallest absolute Gasteiger partial charge is 0.255 e. The molecule has 0 saturated carbocycles. The third kappa shape index (κ3) is 2.21. The Hall–Kier alpha value is -0.260. The molecule has 0 aliphatic heterocycles. The molecule has 7 heteroatoms. The summed E-state index contributed by atoms with van der Waals surface area (Å²) in [6.07, 6.45) is 1.33. The summed E-state index contributed by atoms with van der Waals surface area (Å²) in [6.45, 7) is 1.92. The van der Waals surface area contributed by atoms with Gasteiger partial charge < -0.3 is 0 Å². The Morgan fingerprint density at radius 1 is 1.50 bits per heavy atom. The van der Waals surface area contributed by atoms with Gasteiger partial charge in [0.25, 0.3) is 9.05 Å². The molecule has 14 heavy (non-hydrogen) atoms. The molecule has 0 aromatic carbocycles. The second kappa shape index (κ2) is 4.08. The van der Waals surface area contributed by atoms with Crippen LogP contribution in [0.2, 0.25) is 5.15 Å². The van der Waals surface area contributed by atoms with Gasteiger partial charge in [-0.2, -0.15) is 5.10 Å². The zero-order valence-electron chi connectivity index (χ0n) is 7.79. The van der Waals surface area contributed by atoms with Gasteiger partial charge in [0.1, 0.15) is 10.0 Å². The van der Waals surface area contributed by atoms with E-state index in [2.05, 4.69) is 5.10 Å². The van der Waals surface area contributed by atoms with Crippen LogP contribution in [-0.4, -0.2) is 18.2 Å². The van der Waals surface area contributed by atoms with E-state index in [0.717, 1.165) is 6.42 Å². The minimum atomic E-state index is -3.81. The lowest BCUT2D eigenvalue weighted by molar-refractivity contribution is 0.608. The fraction of sp³-hybridized carbons (Fsp3) is 0.571. The number of aryl methyl sites for hydroxylation is 2. The van der Waals surface area contributed by atoms with E-state index in [0.29, 0.717) is 12.1 Å². The number of hydrogen-bond donors (Lipinski definition) is 0. The topological polar surface area (TPSA) is 52.0 Å². The molecule has 1 heterocycles. The number of hydrogen-bond acceptors (Lipinski definition) is 3. The molecule has 0 amide bonds. The Labute approximate surface area is 92.2 Å². The molecule has 0 aliphatic rings. The quantitative estimate of drug-likeness (QED) is 0.777. The van der Waals surface area contributed by atoms with E-state index in [1.165, 1.54) is 4.68 Å². The summed E-state index contributed by atoms with van der Waals surface area (Å²) in [6, 6.07) is 0. The SMILES string of the molecule is CCCc1nn(C)c(Cl)c1S(=O)(=O)Cl. The Kier molecular flexibility index (Phi) is 3.44. The maximum atomic E-state index is 11.2. The van der Waals surface area contributed by atoms with E-state index in [9.17, 15) is 8.42 Å². The Morgan fingerprint density at radius 2 is 2.07 bits per heavy atom. The fourth-order valence-electron chi connectivity index (χ4n) is 1.18. The van der Waals surface area contributed by atoms with Gasteiger partial charge in [0.05, 0.1) is 5.69 Å². The Bertz CT molecular complexity index is 439. The van der Waals surface area contributed by atoms with Crippen LogP contribution in [0.4, 0.5) is 0 Å². The van der Waals surface area contributed by atoms with Crippen molar-refractivity contribution in [1.82, 2.24) is 9.78 Å². The van der Waals surface area contributed by atoms with Crippen molar-refractivity contribution in [3.8, 4) is 0 Å². The largest absolute Gasteiger partial charge is 0.266 e. The Balaban J connectivity index is 3.38. The molecule has 1 aromatic rings. The molecule has 0 aliphatic carbocycles. The molecule has 0 bridgehead atoms. The first kappa shape index (κ1) is 11.8. The molecule has 4 nitrogen and oxygen atoms in total. The average Bonchev–Trinajstić information content (AvgIpc) is 2.27. The number of aromatic nitrogens is 2. The molecular formula is C7H10Cl2N2O2S. The predicted molar refractivity (Wildman–Crippen MR) is 55.3 cm³/mol. The van der Waals surface area contributed by atoms with Crippen molar-refractivity contribution in [1.29, 1.82) is 0 Å². The van der Waals surface area contributed by atoms with Crippen molar-refractivity contribution < 1.29 is 8.42 Å². The fourth-order valence-corrected chi connectivity index (χ4v) is 2.99. The van der Waals surface area contributed by atoms with Crippen molar-refractivity contribution in [2.75, 3.05) is 0 Å². The molecule has 1 rings (SSSR count). The lowest BCUT2D eigenvalue weighted by Gasteiger charge is -1.95. The van der Waals surface area contributed by atoms with Crippen molar-refractivity contribution in [3.05, 3.63) is 10.8 Å². The van der Waals surface area contributed by atoms with Crippen LogP contribution in [0.1, 0.15) is 19.0 Å². The van der Waals surface area contributed by atoms with Crippen LogP contribution in [-0.2, 0) is 22.5 Å². The first-order valence-corrected chi connectivity index (χ1v) is 6.72. The number of halogens is 2.